The van der Waals surface area contributed by atoms with E-state index in [1.807, 2.05) is 17.0 Å². The molecule has 2 saturated heterocycles. The third-order valence-corrected chi connectivity index (χ3v) is 5.40. The maximum atomic E-state index is 12.5. The van der Waals surface area contributed by atoms with Crippen molar-refractivity contribution in [3.63, 3.8) is 0 Å². The lowest BCUT2D eigenvalue weighted by Gasteiger charge is -2.27. The zero-order valence-corrected chi connectivity index (χ0v) is 14.0. The van der Waals surface area contributed by atoms with Gasteiger partial charge >= 0.3 is 0 Å². The zero-order valence-electron chi connectivity index (χ0n) is 11.6. The minimum Gasteiger partial charge on any atom is -0.334 e. The average Bonchev–Trinajstić information content (AvgIpc) is 3.08. The number of likely N-dealkylation sites (tertiary alicyclic amines) is 1. The highest BCUT2D eigenvalue weighted by molar-refractivity contribution is 9.10. The van der Waals surface area contributed by atoms with E-state index in [4.69, 9.17) is 0 Å². The Morgan fingerprint density at radius 2 is 2.29 bits per heavy atom. The van der Waals surface area contributed by atoms with E-state index in [1.54, 1.807) is 16.7 Å². The van der Waals surface area contributed by atoms with Gasteiger partial charge in [-0.1, -0.05) is 28.1 Å². The topological polar surface area (TPSA) is 40.6 Å². The van der Waals surface area contributed by atoms with Crippen LogP contribution in [0.3, 0.4) is 0 Å². The predicted molar refractivity (Wildman–Crippen MR) is 86.9 cm³/mol. The van der Waals surface area contributed by atoms with Crippen molar-refractivity contribution in [3.8, 4) is 0 Å². The molecule has 0 N–H and O–H groups in total. The van der Waals surface area contributed by atoms with Gasteiger partial charge in [-0.3, -0.25) is 9.59 Å². The number of thioether (sulfide) groups is 1. The van der Waals surface area contributed by atoms with Crippen molar-refractivity contribution in [1.82, 2.24) is 9.80 Å². The van der Waals surface area contributed by atoms with Gasteiger partial charge in [0.25, 0.3) is 0 Å². The molecule has 4 nitrogen and oxygen atoms in total. The Kier molecular flexibility index (Phi) is 4.54. The predicted octanol–water partition coefficient (Wildman–Crippen LogP) is 2.65. The Bertz CT molecular complexity index is 566. The first-order valence-electron chi connectivity index (χ1n) is 7.05. The van der Waals surface area contributed by atoms with Gasteiger partial charge in [-0.25, -0.2) is 0 Å². The molecule has 2 amide bonds. The minimum absolute atomic E-state index is 0.0633. The van der Waals surface area contributed by atoms with Crippen LogP contribution in [-0.2, 0) is 9.59 Å². The molecule has 0 bridgehead atoms. The Hall–Kier alpha value is -1.01. The Morgan fingerprint density at radius 1 is 1.43 bits per heavy atom. The molecule has 1 atom stereocenters. The third kappa shape index (κ3) is 3.26. The van der Waals surface area contributed by atoms with Gasteiger partial charge in [-0.2, -0.15) is 0 Å². The standard InChI is InChI=1S/C15H17BrN2O2S/c16-12-4-1-3-11(7-12)13-5-2-6-18(13)14(19)8-17-10-21-9-15(17)20/h1,3-4,7,13H,2,5-6,8-10H2/t13-/m0/s1. The molecule has 0 aromatic heterocycles. The molecule has 3 rings (SSSR count). The molecule has 2 aliphatic rings. The fraction of sp³-hybridized carbons (Fsp3) is 0.467. The summed E-state index contributed by atoms with van der Waals surface area (Å²) in [6, 6.07) is 8.27. The monoisotopic (exact) mass is 368 g/mol. The smallest absolute Gasteiger partial charge is 0.242 e. The number of carbonyl (C=O) groups is 2. The molecule has 112 valence electrons. The lowest BCUT2D eigenvalue weighted by molar-refractivity contribution is -0.138. The number of rotatable bonds is 3. The van der Waals surface area contributed by atoms with Crippen LogP contribution in [0.25, 0.3) is 0 Å². The van der Waals surface area contributed by atoms with Crippen molar-refractivity contribution in [1.29, 1.82) is 0 Å². The second kappa shape index (κ2) is 6.40. The lowest BCUT2D eigenvalue weighted by atomic mass is 10.0. The van der Waals surface area contributed by atoms with Gasteiger partial charge in [0.15, 0.2) is 0 Å². The van der Waals surface area contributed by atoms with E-state index in [1.165, 1.54) is 0 Å². The Morgan fingerprint density at radius 3 is 3.00 bits per heavy atom. The highest BCUT2D eigenvalue weighted by atomic mass is 79.9. The summed E-state index contributed by atoms with van der Waals surface area (Å²) in [4.78, 5) is 27.8. The van der Waals surface area contributed by atoms with E-state index in [-0.39, 0.29) is 24.4 Å². The normalized spacial score (nSPS) is 22.1. The second-order valence-electron chi connectivity index (χ2n) is 5.37. The number of carbonyl (C=O) groups excluding carboxylic acids is 2. The largest absolute Gasteiger partial charge is 0.334 e. The van der Waals surface area contributed by atoms with Crippen molar-refractivity contribution < 1.29 is 9.59 Å². The van der Waals surface area contributed by atoms with Crippen LogP contribution >= 0.6 is 27.7 Å². The van der Waals surface area contributed by atoms with E-state index >= 15 is 0 Å². The molecule has 0 spiro atoms. The molecule has 1 aromatic carbocycles. The van der Waals surface area contributed by atoms with Crippen molar-refractivity contribution in [2.75, 3.05) is 24.7 Å². The fourth-order valence-electron chi connectivity index (χ4n) is 2.92. The van der Waals surface area contributed by atoms with Crippen LogP contribution in [0.4, 0.5) is 0 Å². The number of hydrogen-bond donors (Lipinski definition) is 0. The van der Waals surface area contributed by atoms with Crippen LogP contribution in [0.1, 0.15) is 24.4 Å². The van der Waals surface area contributed by atoms with E-state index in [9.17, 15) is 9.59 Å². The highest BCUT2D eigenvalue weighted by Crippen LogP contribution is 2.33. The minimum atomic E-state index is 0.0633. The molecule has 0 radical (unpaired) electrons. The highest BCUT2D eigenvalue weighted by Gasteiger charge is 2.32. The molecule has 0 unspecified atom stereocenters. The summed E-state index contributed by atoms with van der Waals surface area (Å²) in [5.74, 6) is 1.28. The Balaban J connectivity index is 1.71. The average molecular weight is 369 g/mol. The molecular formula is C15H17BrN2O2S. The second-order valence-corrected chi connectivity index (χ2v) is 7.24. The van der Waals surface area contributed by atoms with E-state index in [2.05, 4.69) is 28.1 Å². The molecule has 0 saturated carbocycles. The van der Waals surface area contributed by atoms with Crippen LogP contribution in [-0.4, -0.2) is 46.3 Å². The molecular weight excluding hydrogens is 352 g/mol. The summed E-state index contributed by atoms with van der Waals surface area (Å²) in [5.41, 5.74) is 1.16. The number of amides is 2. The van der Waals surface area contributed by atoms with Gasteiger partial charge < -0.3 is 9.80 Å². The maximum absolute atomic E-state index is 12.5. The molecule has 2 fully saturated rings. The maximum Gasteiger partial charge on any atom is 0.242 e. The summed E-state index contributed by atoms with van der Waals surface area (Å²) in [7, 11) is 0. The van der Waals surface area contributed by atoms with Crippen LogP contribution in [0.5, 0.6) is 0 Å². The number of halogens is 1. The number of nitrogens with zero attached hydrogens (tertiary/aromatic N) is 2. The van der Waals surface area contributed by atoms with Crippen molar-refractivity contribution in [3.05, 3.63) is 34.3 Å². The molecule has 2 heterocycles. The van der Waals surface area contributed by atoms with Crippen molar-refractivity contribution in [2.45, 2.75) is 18.9 Å². The van der Waals surface area contributed by atoms with Crippen LogP contribution in [0.15, 0.2) is 28.7 Å². The molecule has 2 aliphatic heterocycles. The molecule has 1 aromatic rings. The Labute approximate surface area is 137 Å². The molecule has 6 heteroatoms. The van der Waals surface area contributed by atoms with Gasteiger partial charge in [0, 0.05) is 11.0 Å². The summed E-state index contributed by atoms with van der Waals surface area (Å²) in [6.07, 6.45) is 2.01. The first kappa shape index (κ1) is 14.9. The van der Waals surface area contributed by atoms with E-state index in [0.29, 0.717) is 11.6 Å². The summed E-state index contributed by atoms with van der Waals surface area (Å²) < 4.78 is 1.03. The first-order valence-corrected chi connectivity index (χ1v) is 9.00. The summed E-state index contributed by atoms with van der Waals surface area (Å²) in [5, 5.41) is 0. The van der Waals surface area contributed by atoms with Crippen LogP contribution in [0.2, 0.25) is 0 Å². The SMILES string of the molecule is O=C1CSCN1CC(=O)N1CCC[C@H]1c1cccc(Br)c1. The van der Waals surface area contributed by atoms with Gasteiger partial charge in [0.2, 0.25) is 11.8 Å². The lowest BCUT2D eigenvalue weighted by Crippen LogP contribution is -2.40. The van der Waals surface area contributed by atoms with Gasteiger partial charge in [-0.05, 0) is 30.5 Å². The third-order valence-electron chi connectivity index (χ3n) is 3.96. The van der Waals surface area contributed by atoms with Crippen LogP contribution < -0.4 is 0 Å². The van der Waals surface area contributed by atoms with Gasteiger partial charge in [-0.15, -0.1) is 11.8 Å². The number of benzene rings is 1. The molecule has 21 heavy (non-hydrogen) atoms. The van der Waals surface area contributed by atoms with Crippen molar-refractivity contribution in [2.24, 2.45) is 0 Å². The quantitative estimate of drug-likeness (QED) is 0.823. The van der Waals surface area contributed by atoms with E-state index in [0.717, 1.165) is 29.4 Å². The molecule has 0 aliphatic carbocycles. The van der Waals surface area contributed by atoms with E-state index < -0.39 is 0 Å². The zero-order chi connectivity index (χ0) is 14.8. The van der Waals surface area contributed by atoms with Gasteiger partial charge in [0.1, 0.15) is 6.54 Å². The fourth-order valence-corrected chi connectivity index (χ4v) is 4.24. The van der Waals surface area contributed by atoms with Gasteiger partial charge in [0.05, 0.1) is 17.7 Å². The first-order chi connectivity index (χ1) is 10.1. The summed E-state index contributed by atoms with van der Waals surface area (Å²) >= 11 is 5.06. The summed E-state index contributed by atoms with van der Waals surface area (Å²) in [6.45, 7) is 1.00. The van der Waals surface area contributed by atoms with Crippen LogP contribution in [0, 0.1) is 0 Å². The van der Waals surface area contributed by atoms with Crippen molar-refractivity contribution >= 4 is 39.5 Å². The number of hydrogen-bond acceptors (Lipinski definition) is 3.